The molecule has 7 heteroatoms. The van der Waals surface area contributed by atoms with Gasteiger partial charge >= 0.3 is 11.9 Å². The Hall–Kier alpha value is -1.73. The lowest BCUT2D eigenvalue weighted by atomic mass is 9.81. The third-order valence-corrected chi connectivity index (χ3v) is 7.55. The number of cyclic esters (lactones) is 2. The Morgan fingerprint density at radius 1 is 0.955 bits per heavy atom. The molecule has 4 aliphatic rings. The normalized spacial score (nSPS) is 44.6. The van der Waals surface area contributed by atoms with E-state index in [1.54, 1.807) is 30.3 Å². The van der Waals surface area contributed by atoms with Gasteiger partial charge in [-0.15, -0.1) is 0 Å². The smallest absolute Gasteiger partial charge is 0.317 e. The van der Waals surface area contributed by atoms with Crippen molar-refractivity contribution in [2.24, 2.45) is 23.7 Å². The summed E-state index contributed by atoms with van der Waals surface area (Å²) in [5, 5.41) is 0. The predicted octanol–water partition coefficient (Wildman–Crippen LogP) is 0.394. The number of ether oxygens (including phenoxy) is 1. The molecule has 22 heavy (non-hydrogen) atoms. The summed E-state index contributed by atoms with van der Waals surface area (Å²) in [6.45, 7) is 0. The van der Waals surface area contributed by atoms with E-state index in [1.807, 2.05) is 0 Å². The van der Waals surface area contributed by atoms with Gasteiger partial charge in [0.25, 0.3) is 0 Å². The van der Waals surface area contributed by atoms with Crippen molar-refractivity contribution in [3.63, 3.8) is 0 Å². The fraction of sp³-hybridized carbons (Fsp3) is 0.467. The zero-order valence-corrected chi connectivity index (χ0v) is 12.3. The summed E-state index contributed by atoms with van der Waals surface area (Å²) in [5.41, 5.74) is 0. The van der Waals surface area contributed by atoms with Crippen molar-refractivity contribution in [1.82, 2.24) is 4.31 Å². The minimum atomic E-state index is -3.55. The molecule has 2 heterocycles. The van der Waals surface area contributed by atoms with Crippen LogP contribution in [0.25, 0.3) is 0 Å². The Morgan fingerprint density at radius 3 is 2.05 bits per heavy atom. The van der Waals surface area contributed by atoms with Crippen LogP contribution in [0.3, 0.4) is 0 Å². The Labute approximate surface area is 127 Å². The van der Waals surface area contributed by atoms with Crippen LogP contribution in [0.1, 0.15) is 6.42 Å². The number of hydrogen-bond donors (Lipinski definition) is 0. The average Bonchev–Trinajstić information content (AvgIpc) is 2.85. The summed E-state index contributed by atoms with van der Waals surface area (Å²) in [6, 6.07) is 8.01. The lowest BCUT2D eigenvalue weighted by Crippen LogP contribution is -2.29. The lowest BCUT2D eigenvalue weighted by molar-refractivity contribution is -0.155. The standard InChI is InChI=1S/C15H13NO5S/c17-14-10-8-6-9(11(10)15(18)21-14)13-12(8)16(13)22(19,20)7-4-2-1-3-5-7/h1-5,8-13H,6H2/t8-,9-,10-,11-,12-,13+,16?/m1/s1. The van der Waals surface area contributed by atoms with Crippen LogP contribution in [0.15, 0.2) is 35.2 Å². The number of hydrogen-bond acceptors (Lipinski definition) is 5. The Balaban J connectivity index is 1.52. The molecule has 2 saturated carbocycles. The zero-order chi connectivity index (χ0) is 15.2. The highest BCUT2D eigenvalue weighted by molar-refractivity contribution is 7.89. The molecule has 1 aromatic carbocycles. The molecule has 5 rings (SSSR count). The van der Waals surface area contributed by atoms with E-state index in [0.29, 0.717) is 0 Å². The van der Waals surface area contributed by atoms with Crippen LogP contribution >= 0.6 is 0 Å². The van der Waals surface area contributed by atoms with Crippen molar-refractivity contribution in [2.45, 2.75) is 23.4 Å². The van der Waals surface area contributed by atoms with Crippen molar-refractivity contribution in [2.75, 3.05) is 0 Å². The summed E-state index contributed by atoms with van der Waals surface area (Å²) in [4.78, 5) is 23.9. The van der Waals surface area contributed by atoms with Crippen LogP contribution in [0.5, 0.6) is 0 Å². The third-order valence-electron chi connectivity index (χ3n) is 5.64. The molecule has 0 radical (unpaired) electrons. The molecule has 4 fully saturated rings. The second-order valence-corrected chi connectivity index (χ2v) is 8.33. The van der Waals surface area contributed by atoms with E-state index in [4.69, 9.17) is 4.74 Å². The topological polar surface area (TPSA) is 80.5 Å². The fourth-order valence-corrected chi connectivity index (χ4v) is 6.78. The minimum absolute atomic E-state index is 0.0718. The van der Waals surface area contributed by atoms with Gasteiger partial charge in [-0.3, -0.25) is 9.59 Å². The molecule has 0 N–H and O–H groups in total. The Bertz CT molecular complexity index is 772. The van der Waals surface area contributed by atoms with E-state index in [9.17, 15) is 18.0 Å². The van der Waals surface area contributed by atoms with E-state index >= 15 is 0 Å². The van der Waals surface area contributed by atoms with Crippen molar-refractivity contribution >= 4 is 22.0 Å². The molecular weight excluding hydrogens is 306 g/mol. The second-order valence-electron chi connectivity index (χ2n) is 6.48. The van der Waals surface area contributed by atoms with Gasteiger partial charge in [0, 0.05) is 12.1 Å². The van der Waals surface area contributed by atoms with Crippen LogP contribution in [-0.2, 0) is 24.3 Å². The molecule has 6 nitrogen and oxygen atoms in total. The molecule has 0 aromatic heterocycles. The maximum absolute atomic E-state index is 12.7. The maximum atomic E-state index is 12.7. The average molecular weight is 319 g/mol. The zero-order valence-electron chi connectivity index (χ0n) is 11.5. The number of nitrogens with zero attached hydrogens (tertiary/aromatic N) is 1. The SMILES string of the molecule is O=C1OC(=O)[C@@H]2[C@H]3C[C@H]([C@@H]12)[C@@H]1[C@H]3N1S(=O)(=O)c1ccccc1. The highest BCUT2D eigenvalue weighted by Gasteiger charge is 2.78. The van der Waals surface area contributed by atoms with Crippen LogP contribution in [0.2, 0.25) is 0 Å². The van der Waals surface area contributed by atoms with Gasteiger partial charge < -0.3 is 4.74 Å². The first kappa shape index (κ1) is 12.8. The largest absolute Gasteiger partial charge is 0.393 e. The van der Waals surface area contributed by atoms with Gasteiger partial charge in [-0.2, -0.15) is 4.31 Å². The number of fused-ring (bicyclic) bond motifs is 8. The summed E-state index contributed by atoms with van der Waals surface area (Å²) < 4.78 is 31.7. The number of piperidine rings is 1. The molecule has 0 amide bonds. The van der Waals surface area contributed by atoms with E-state index < -0.39 is 33.8 Å². The van der Waals surface area contributed by atoms with Crippen LogP contribution in [-0.4, -0.2) is 36.7 Å². The second kappa shape index (κ2) is 3.78. The molecule has 0 spiro atoms. The molecule has 2 aliphatic heterocycles. The van der Waals surface area contributed by atoms with E-state index in [0.717, 1.165) is 6.42 Å². The quantitative estimate of drug-likeness (QED) is 0.448. The van der Waals surface area contributed by atoms with Gasteiger partial charge in [-0.05, 0) is 30.4 Å². The number of benzene rings is 1. The minimum Gasteiger partial charge on any atom is -0.393 e. The van der Waals surface area contributed by atoms with Crippen LogP contribution in [0, 0.1) is 23.7 Å². The predicted molar refractivity (Wildman–Crippen MR) is 72.7 cm³/mol. The van der Waals surface area contributed by atoms with Crippen molar-refractivity contribution in [3.8, 4) is 0 Å². The van der Waals surface area contributed by atoms with E-state index in [2.05, 4.69) is 0 Å². The van der Waals surface area contributed by atoms with Gasteiger partial charge in [0.05, 0.1) is 16.7 Å². The number of esters is 2. The molecule has 7 atom stereocenters. The Kier molecular flexibility index (Phi) is 2.19. The van der Waals surface area contributed by atoms with Crippen molar-refractivity contribution < 1.29 is 22.7 Å². The van der Waals surface area contributed by atoms with Gasteiger partial charge in [0.2, 0.25) is 10.0 Å². The van der Waals surface area contributed by atoms with Gasteiger partial charge in [0.1, 0.15) is 0 Å². The molecule has 2 bridgehead atoms. The van der Waals surface area contributed by atoms with Crippen LogP contribution in [0.4, 0.5) is 0 Å². The molecule has 2 saturated heterocycles. The van der Waals surface area contributed by atoms with E-state index in [1.165, 1.54) is 4.31 Å². The highest BCUT2D eigenvalue weighted by atomic mass is 32.2. The third kappa shape index (κ3) is 1.32. The molecular formula is C15H13NO5S. The van der Waals surface area contributed by atoms with Gasteiger partial charge in [0.15, 0.2) is 0 Å². The van der Waals surface area contributed by atoms with Gasteiger partial charge in [-0.1, -0.05) is 18.2 Å². The van der Waals surface area contributed by atoms with Gasteiger partial charge in [-0.25, -0.2) is 8.42 Å². The van der Waals surface area contributed by atoms with Crippen molar-refractivity contribution in [1.29, 1.82) is 0 Å². The highest BCUT2D eigenvalue weighted by Crippen LogP contribution is 2.66. The first-order chi connectivity index (χ1) is 10.5. The summed E-state index contributed by atoms with van der Waals surface area (Å²) >= 11 is 0. The molecule has 114 valence electrons. The molecule has 1 aromatic rings. The molecule has 1 unspecified atom stereocenters. The number of sulfonamides is 1. The summed E-state index contributed by atoms with van der Waals surface area (Å²) in [6.07, 6.45) is 0.756. The van der Waals surface area contributed by atoms with Crippen LogP contribution < -0.4 is 0 Å². The number of carbonyl (C=O) groups is 2. The molecule has 2 aliphatic carbocycles. The first-order valence-electron chi connectivity index (χ1n) is 7.36. The maximum Gasteiger partial charge on any atom is 0.317 e. The Morgan fingerprint density at radius 2 is 1.50 bits per heavy atom. The lowest BCUT2D eigenvalue weighted by Gasteiger charge is -2.15. The first-order valence-corrected chi connectivity index (χ1v) is 8.80. The number of rotatable bonds is 2. The van der Waals surface area contributed by atoms with Crippen molar-refractivity contribution in [3.05, 3.63) is 30.3 Å². The summed E-state index contributed by atoms with van der Waals surface area (Å²) in [5.74, 6) is -1.95. The fourth-order valence-electron chi connectivity index (χ4n) is 4.89. The van der Waals surface area contributed by atoms with E-state index in [-0.39, 0.29) is 28.8 Å². The summed E-state index contributed by atoms with van der Waals surface area (Å²) in [7, 11) is -3.55. The monoisotopic (exact) mass is 319 g/mol. The number of carbonyl (C=O) groups excluding carboxylic acids is 2.